The molecule has 2 aliphatic rings. The molecule has 0 saturated heterocycles. The second-order valence-electron chi connectivity index (χ2n) is 10.8. The van der Waals surface area contributed by atoms with Gasteiger partial charge in [-0.1, -0.05) is 30.3 Å². The van der Waals surface area contributed by atoms with Gasteiger partial charge in [-0.05, 0) is 67.8 Å². The van der Waals surface area contributed by atoms with Gasteiger partial charge in [0, 0.05) is 61.9 Å². The summed E-state index contributed by atoms with van der Waals surface area (Å²) >= 11 is 1.74. The van der Waals surface area contributed by atoms with Gasteiger partial charge in [0.25, 0.3) is 5.91 Å². The van der Waals surface area contributed by atoms with E-state index in [-0.39, 0.29) is 31.3 Å². The van der Waals surface area contributed by atoms with Crippen LogP contribution in [0.1, 0.15) is 54.1 Å². The third-order valence-electron chi connectivity index (χ3n) is 8.05. The number of aryl methyl sites for hydroxylation is 2. The molecule has 0 unspecified atom stereocenters. The fraction of sp³-hybridized carbons (Fsp3) is 0.500. The summed E-state index contributed by atoms with van der Waals surface area (Å²) in [4.78, 5) is 13.7. The van der Waals surface area contributed by atoms with Crippen molar-refractivity contribution < 1.29 is 18.7 Å². The molecule has 6 nitrogen and oxygen atoms in total. The molecule has 2 atom stereocenters. The molecule has 0 bridgehead atoms. The van der Waals surface area contributed by atoms with E-state index in [1.807, 2.05) is 49.5 Å². The van der Waals surface area contributed by atoms with E-state index in [4.69, 9.17) is 0 Å². The normalized spacial score (nSPS) is 19.1. The summed E-state index contributed by atoms with van der Waals surface area (Å²) in [6.07, 6.45) is 3.24. The number of nitrogens with one attached hydrogen (secondary N) is 2. The Balaban J connectivity index is 1.36. The Bertz CT molecular complexity index is 1290. The van der Waals surface area contributed by atoms with Gasteiger partial charge in [0.05, 0.1) is 23.3 Å². The van der Waals surface area contributed by atoms with Crippen LogP contribution in [0.3, 0.4) is 0 Å². The first-order valence-corrected chi connectivity index (χ1v) is 14.8. The largest absolute Gasteiger partial charge is 0.390 e. The quantitative estimate of drug-likeness (QED) is 0.317. The van der Waals surface area contributed by atoms with E-state index in [1.54, 1.807) is 11.9 Å². The monoisotopic (exact) mass is 556 g/mol. The SMILES string of the molecule is CCn1cc2c3c(cc(C(=O)N[C@@H](Cc4ccccc4)[C@H](O)CNC4CCC(F)(F)CC4)cc31)N(C)SCC2. The zero-order valence-electron chi connectivity index (χ0n) is 22.6. The molecule has 1 aliphatic carbocycles. The van der Waals surface area contributed by atoms with Crippen LogP contribution in [0.15, 0.2) is 48.7 Å². The highest BCUT2D eigenvalue weighted by Gasteiger charge is 2.35. The number of anilines is 1. The molecule has 3 aromatic rings. The Morgan fingerprint density at radius 3 is 2.67 bits per heavy atom. The number of aliphatic hydroxyl groups is 1. The predicted molar refractivity (Wildman–Crippen MR) is 155 cm³/mol. The standard InChI is InChI=1S/C30H38F2N4O2S/c1-3-36-19-21-11-14-39-35(2)25-16-22(17-26(36)28(21)25)29(38)34-24(15-20-7-5-4-6-8-20)27(37)18-33-23-9-12-30(31,32)13-10-23/h4-8,16-17,19,23-24,27,33,37H,3,9-15,18H2,1-2H3,(H,34,38)/t24-,27+/m0/s1. The number of aromatic nitrogens is 1. The lowest BCUT2D eigenvalue weighted by Crippen LogP contribution is -2.50. The predicted octanol–water partition coefficient (Wildman–Crippen LogP) is 5.17. The molecule has 1 saturated carbocycles. The molecule has 2 heterocycles. The molecule has 1 amide bonds. The number of carbonyl (C=O) groups is 1. The summed E-state index contributed by atoms with van der Waals surface area (Å²) in [7, 11) is 2.04. The minimum atomic E-state index is -2.59. The Morgan fingerprint density at radius 1 is 1.21 bits per heavy atom. The molecular formula is C30H38F2N4O2S. The lowest BCUT2D eigenvalue weighted by atomic mass is 9.92. The number of alkyl halides is 2. The number of hydrogen-bond acceptors (Lipinski definition) is 5. The van der Waals surface area contributed by atoms with Gasteiger partial charge in [-0.3, -0.25) is 4.79 Å². The summed E-state index contributed by atoms with van der Waals surface area (Å²) in [5, 5.41) is 18.8. The maximum absolute atomic E-state index is 13.7. The van der Waals surface area contributed by atoms with E-state index >= 15 is 0 Å². The number of aliphatic hydroxyl groups excluding tert-OH is 1. The van der Waals surface area contributed by atoms with Crippen molar-refractivity contribution in [3.63, 3.8) is 0 Å². The fourth-order valence-corrected chi connectivity index (χ4v) is 6.63. The van der Waals surface area contributed by atoms with Crippen molar-refractivity contribution in [2.24, 2.45) is 0 Å². The Kier molecular flexibility index (Phi) is 8.49. The molecule has 210 valence electrons. The number of halogens is 2. The second kappa shape index (κ2) is 11.9. The smallest absolute Gasteiger partial charge is 0.251 e. The molecule has 0 spiro atoms. The van der Waals surface area contributed by atoms with E-state index < -0.39 is 18.1 Å². The molecule has 1 aromatic heterocycles. The maximum Gasteiger partial charge on any atom is 0.251 e. The number of rotatable bonds is 9. The van der Waals surface area contributed by atoms with Crippen LogP contribution in [-0.4, -0.2) is 59.0 Å². The van der Waals surface area contributed by atoms with Crippen LogP contribution in [0.2, 0.25) is 0 Å². The van der Waals surface area contributed by atoms with Crippen molar-refractivity contribution in [1.29, 1.82) is 0 Å². The van der Waals surface area contributed by atoms with Gasteiger partial charge in [-0.15, -0.1) is 0 Å². The van der Waals surface area contributed by atoms with Crippen molar-refractivity contribution in [1.82, 2.24) is 15.2 Å². The first-order chi connectivity index (χ1) is 18.7. The zero-order valence-corrected chi connectivity index (χ0v) is 23.4. The minimum absolute atomic E-state index is 0.0594. The molecule has 1 fully saturated rings. The molecule has 1 aliphatic heterocycles. The third kappa shape index (κ3) is 6.42. The van der Waals surface area contributed by atoms with E-state index in [0.29, 0.717) is 24.8 Å². The topological polar surface area (TPSA) is 69.5 Å². The summed E-state index contributed by atoms with van der Waals surface area (Å²) in [6.45, 7) is 3.14. The maximum atomic E-state index is 13.7. The minimum Gasteiger partial charge on any atom is -0.390 e. The fourth-order valence-electron chi connectivity index (χ4n) is 5.76. The van der Waals surface area contributed by atoms with Gasteiger partial charge in [-0.25, -0.2) is 8.78 Å². The van der Waals surface area contributed by atoms with Crippen molar-refractivity contribution in [2.75, 3.05) is 23.7 Å². The molecule has 0 radical (unpaired) electrons. The van der Waals surface area contributed by atoms with Crippen LogP contribution in [0, 0.1) is 0 Å². The van der Waals surface area contributed by atoms with Crippen LogP contribution in [0.25, 0.3) is 10.9 Å². The molecular weight excluding hydrogens is 518 g/mol. The van der Waals surface area contributed by atoms with Crippen molar-refractivity contribution in [3.8, 4) is 0 Å². The van der Waals surface area contributed by atoms with Gasteiger partial charge in [0.1, 0.15) is 0 Å². The Labute approximate surface area is 233 Å². The van der Waals surface area contributed by atoms with Crippen LogP contribution in [0.4, 0.5) is 14.5 Å². The van der Waals surface area contributed by atoms with E-state index in [2.05, 4.69) is 32.6 Å². The van der Waals surface area contributed by atoms with Gasteiger partial charge >= 0.3 is 0 Å². The van der Waals surface area contributed by atoms with Crippen LogP contribution in [-0.2, 0) is 19.4 Å². The number of carbonyl (C=O) groups excluding carboxylic acids is 1. The average molecular weight is 557 g/mol. The van der Waals surface area contributed by atoms with Gasteiger partial charge in [0.15, 0.2) is 0 Å². The van der Waals surface area contributed by atoms with Crippen molar-refractivity contribution >= 4 is 34.4 Å². The number of benzene rings is 2. The molecule has 2 aromatic carbocycles. The molecule has 39 heavy (non-hydrogen) atoms. The molecule has 5 rings (SSSR count). The van der Waals surface area contributed by atoms with Gasteiger partial charge < -0.3 is 24.6 Å². The molecule has 3 N–H and O–H groups in total. The van der Waals surface area contributed by atoms with Crippen molar-refractivity contribution in [2.45, 2.75) is 76.1 Å². The molecule has 9 heteroatoms. The Morgan fingerprint density at radius 2 is 1.95 bits per heavy atom. The van der Waals surface area contributed by atoms with Gasteiger partial charge in [-0.2, -0.15) is 0 Å². The second-order valence-corrected chi connectivity index (χ2v) is 12.0. The zero-order chi connectivity index (χ0) is 27.6. The first kappa shape index (κ1) is 27.9. The van der Waals surface area contributed by atoms with Crippen molar-refractivity contribution in [3.05, 3.63) is 65.4 Å². The summed E-state index contributed by atoms with van der Waals surface area (Å²) in [5.41, 5.74) is 4.93. The summed E-state index contributed by atoms with van der Waals surface area (Å²) in [6, 6.07) is 13.1. The van der Waals surface area contributed by atoms with E-state index in [9.17, 15) is 18.7 Å². The first-order valence-electron chi connectivity index (χ1n) is 13.9. The lowest BCUT2D eigenvalue weighted by Gasteiger charge is -2.31. The number of nitrogens with zero attached hydrogens (tertiary/aromatic N) is 2. The Hall–Kier alpha value is -2.62. The lowest BCUT2D eigenvalue weighted by molar-refractivity contribution is -0.0412. The van der Waals surface area contributed by atoms with Crippen LogP contribution >= 0.6 is 11.9 Å². The summed E-state index contributed by atoms with van der Waals surface area (Å²) in [5.74, 6) is -1.85. The number of amides is 1. The highest BCUT2D eigenvalue weighted by molar-refractivity contribution is 8.00. The van der Waals surface area contributed by atoms with E-state index in [1.165, 1.54) is 10.9 Å². The van der Waals surface area contributed by atoms with Gasteiger partial charge in [0.2, 0.25) is 5.92 Å². The third-order valence-corrected chi connectivity index (χ3v) is 9.02. The summed E-state index contributed by atoms with van der Waals surface area (Å²) < 4.78 is 31.5. The highest BCUT2D eigenvalue weighted by atomic mass is 32.2. The average Bonchev–Trinajstić information content (AvgIpc) is 3.20. The highest BCUT2D eigenvalue weighted by Crippen LogP contribution is 2.38. The number of hydrogen-bond donors (Lipinski definition) is 3. The van der Waals surface area contributed by atoms with Crippen LogP contribution in [0.5, 0.6) is 0 Å². The van der Waals surface area contributed by atoms with Crippen LogP contribution < -0.4 is 14.9 Å². The van der Waals surface area contributed by atoms with E-state index in [0.717, 1.165) is 35.5 Å².